The summed E-state index contributed by atoms with van der Waals surface area (Å²) in [6.07, 6.45) is 1.45. The van der Waals surface area contributed by atoms with Crippen LogP contribution >= 0.6 is 0 Å². The lowest BCUT2D eigenvalue weighted by Gasteiger charge is -1.88. The summed E-state index contributed by atoms with van der Waals surface area (Å²) in [5.74, 6) is -0.635. The number of hydrogen-bond acceptors (Lipinski definition) is 4. The maximum Gasteiger partial charge on any atom is 0.346 e. The van der Waals surface area contributed by atoms with Gasteiger partial charge in [-0.3, -0.25) is 0 Å². The van der Waals surface area contributed by atoms with Crippen molar-refractivity contribution in [2.75, 3.05) is 5.73 Å². The number of nitrogens with zero attached hydrogens (tertiary/aromatic N) is 1. The first kappa shape index (κ1) is 12.4. The summed E-state index contributed by atoms with van der Waals surface area (Å²) in [4.78, 5) is 26.1. The number of anilines is 1. The molecular formula is C11H11N3O3. The van der Waals surface area contributed by atoms with Crippen LogP contribution in [0.3, 0.4) is 0 Å². The van der Waals surface area contributed by atoms with Crippen molar-refractivity contribution in [3.8, 4) is 0 Å². The molecule has 0 amide bonds. The first-order valence-corrected chi connectivity index (χ1v) is 4.69. The van der Waals surface area contributed by atoms with Crippen molar-refractivity contribution in [2.45, 2.75) is 0 Å². The smallest absolute Gasteiger partial charge is 0.346 e. The Morgan fingerprint density at radius 3 is 2.24 bits per heavy atom. The maximum absolute atomic E-state index is 10.2. The lowest BCUT2D eigenvalue weighted by molar-refractivity contribution is 0.0697. The van der Waals surface area contributed by atoms with E-state index < -0.39 is 11.7 Å². The molecule has 0 atom stereocenters. The van der Waals surface area contributed by atoms with E-state index in [1.54, 1.807) is 30.3 Å². The summed E-state index contributed by atoms with van der Waals surface area (Å²) in [7, 11) is 0. The Hall–Kier alpha value is -2.63. The average molecular weight is 233 g/mol. The lowest BCUT2D eigenvalue weighted by Crippen LogP contribution is -2.10. The van der Waals surface area contributed by atoms with E-state index >= 15 is 0 Å². The van der Waals surface area contributed by atoms with Crippen molar-refractivity contribution >= 4 is 11.8 Å². The van der Waals surface area contributed by atoms with E-state index in [-0.39, 0.29) is 5.82 Å². The van der Waals surface area contributed by atoms with E-state index in [9.17, 15) is 9.59 Å². The molecule has 0 aliphatic heterocycles. The molecule has 0 saturated heterocycles. The van der Waals surface area contributed by atoms with E-state index in [0.29, 0.717) is 5.56 Å². The molecule has 1 aromatic heterocycles. The number of benzene rings is 1. The highest BCUT2D eigenvalue weighted by Gasteiger charge is 1.96. The molecular weight excluding hydrogens is 222 g/mol. The number of aromatic nitrogens is 2. The third kappa shape index (κ3) is 4.61. The number of carboxylic acids is 1. The molecule has 17 heavy (non-hydrogen) atoms. The first-order valence-electron chi connectivity index (χ1n) is 4.69. The molecule has 1 heterocycles. The molecule has 0 aliphatic rings. The molecule has 2 rings (SSSR count). The van der Waals surface area contributed by atoms with Crippen molar-refractivity contribution < 1.29 is 9.90 Å². The highest BCUT2D eigenvalue weighted by Crippen LogP contribution is 1.96. The minimum atomic E-state index is -0.879. The zero-order valence-electron chi connectivity index (χ0n) is 8.83. The molecule has 0 spiro atoms. The third-order valence-corrected chi connectivity index (χ3v) is 1.71. The standard InChI is InChI=1S/C7H6O2.C4H5N3O/c8-7(9)6-4-2-1-3-5-6;5-3-1-2-6-4(8)7-3/h1-5H,(H,8,9);1-2H,(H3,5,6,7,8). The predicted molar refractivity (Wildman–Crippen MR) is 62.7 cm³/mol. The first-order chi connectivity index (χ1) is 8.09. The van der Waals surface area contributed by atoms with Gasteiger partial charge in [0.1, 0.15) is 5.82 Å². The Morgan fingerprint density at radius 1 is 1.24 bits per heavy atom. The second-order valence-electron chi connectivity index (χ2n) is 2.99. The summed E-state index contributed by atoms with van der Waals surface area (Å²) in [6.45, 7) is 0. The van der Waals surface area contributed by atoms with Gasteiger partial charge in [0.2, 0.25) is 0 Å². The predicted octanol–water partition coefficient (Wildman–Crippen LogP) is 0.737. The molecule has 0 fully saturated rings. The Kier molecular flexibility index (Phi) is 4.44. The molecule has 2 aromatic rings. The van der Waals surface area contributed by atoms with Crippen LogP contribution in [0, 0.1) is 0 Å². The quantitative estimate of drug-likeness (QED) is 0.672. The van der Waals surface area contributed by atoms with Crippen LogP contribution in [0.4, 0.5) is 5.82 Å². The van der Waals surface area contributed by atoms with Gasteiger partial charge < -0.3 is 15.8 Å². The topological polar surface area (TPSA) is 109 Å². The fraction of sp³-hybridized carbons (Fsp3) is 0. The number of aromatic carboxylic acids is 1. The number of H-pyrrole nitrogens is 1. The number of nitrogens with two attached hydrogens (primary N) is 1. The highest BCUT2D eigenvalue weighted by molar-refractivity contribution is 5.87. The molecule has 0 saturated carbocycles. The van der Waals surface area contributed by atoms with Crippen LogP contribution in [0.5, 0.6) is 0 Å². The van der Waals surface area contributed by atoms with Gasteiger partial charge in [-0.15, -0.1) is 0 Å². The number of aromatic amines is 1. The van der Waals surface area contributed by atoms with Crippen molar-refractivity contribution in [3.63, 3.8) is 0 Å². The van der Waals surface area contributed by atoms with Crippen LogP contribution in [0.1, 0.15) is 10.4 Å². The molecule has 1 aromatic carbocycles. The zero-order chi connectivity index (χ0) is 12.7. The van der Waals surface area contributed by atoms with Gasteiger partial charge in [-0.2, -0.15) is 4.98 Å². The number of rotatable bonds is 1. The van der Waals surface area contributed by atoms with Gasteiger partial charge in [0, 0.05) is 6.20 Å². The summed E-state index contributed by atoms with van der Waals surface area (Å²) in [5.41, 5.74) is 5.05. The number of hydrogen-bond donors (Lipinski definition) is 3. The molecule has 0 bridgehead atoms. The Bertz CT molecular complexity index is 537. The SMILES string of the molecule is Nc1cc[nH]c(=O)n1.O=C(O)c1ccccc1. The third-order valence-electron chi connectivity index (χ3n) is 1.71. The average Bonchev–Trinajstić information content (AvgIpc) is 2.30. The Labute approximate surface area is 96.8 Å². The number of nitrogens with one attached hydrogen (secondary N) is 1. The summed E-state index contributed by atoms with van der Waals surface area (Å²) < 4.78 is 0. The normalized spacial score (nSPS) is 8.94. The maximum atomic E-state index is 10.2. The van der Waals surface area contributed by atoms with Gasteiger partial charge in [0.05, 0.1) is 5.56 Å². The summed E-state index contributed by atoms with van der Waals surface area (Å²) >= 11 is 0. The lowest BCUT2D eigenvalue weighted by atomic mass is 10.2. The van der Waals surface area contributed by atoms with Gasteiger partial charge in [-0.1, -0.05) is 18.2 Å². The second kappa shape index (κ2) is 6.06. The van der Waals surface area contributed by atoms with Crippen molar-refractivity contribution in [2.24, 2.45) is 0 Å². The van der Waals surface area contributed by atoms with Crippen molar-refractivity contribution in [1.29, 1.82) is 0 Å². The zero-order valence-corrected chi connectivity index (χ0v) is 8.83. The minimum absolute atomic E-state index is 0.244. The monoisotopic (exact) mass is 233 g/mol. The number of carboxylic acid groups (broad SMARTS) is 1. The molecule has 0 unspecified atom stereocenters. The van der Waals surface area contributed by atoms with Gasteiger partial charge in [0.25, 0.3) is 0 Å². The van der Waals surface area contributed by atoms with Crippen LogP contribution in [0.15, 0.2) is 47.4 Å². The van der Waals surface area contributed by atoms with Gasteiger partial charge in [0.15, 0.2) is 0 Å². The van der Waals surface area contributed by atoms with E-state index in [2.05, 4.69) is 9.97 Å². The van der Waals surface area contributed by atoms with Crippen LogP contribution in [0.2, 0.25) is 0 Å². The molecule has 6 nitrogen and oxygen atoms in total. The molecule has 0 radical (unpaired) electrons. The van der Waals surface area contributed by atoms with E-state index in [1.165, 1.54) is 12.3 Å². The summed E-state index contributed by atoms with van der Waals surface area (Å²) in [6, 6.07) is 9.81. The number of nitrogen functional groups attached to an aromatic ring is 1. The van der Waals surface area contributed by atoms with Crippen LogP contribution < -0.4 is 11.4 Å². The van der Waals surface area contributed by atoms with Gasteiger partial charge in [-0.05, 0) is 18.2 Å². The number of carbonyl (C=O) groups is 1. The van der Waals surface area contributed by atoms with E-state index in [0.717, 1.165) is 0 Å². The fourth-order valence-electron chi connectivity index (χ4n) is 0.966. The van der Waals surface area contributed by atoms with Gasteiger partial charge >= 0.3 is 11.7 Å². The van der Waals surface area contributed by atoms with Crippen molar-refractivity contribution in [1.82, 2.24) is 9.97 Å². The van der Waals surface area contributed by atoms with Gasteiger partial charge in [-0.25, -0.2) is 9.59 Å². The minimum Gasteiger partial charge on any atom is -0.478 e. The largest absolute Gasteiger partial charge is 0.478 e. The highest BCUT2D eigenvalue weighted by atomic mass is 16.4. The van der Waals surface area contributed by atoms with E-state index in [1.807, 2.05) is 0 Å². The molecule has 4 N–H and O–H groups in total. The van der Waals surface area contributed by atoms with Crippen LogP contribution in [-0.2, 0) is 0 Å². The second-order valence-corrected chi connectivity index (χ2v) is 2.99. The Morgan fingerprint density at radius 2 is 1.88 bits per heavy atom. The molecule has 6 heteroatoms. The fourth-order valence-corrected chi connectivity index (χ4v) is 0.966. The molecule has 0 aliphatic carbocycles. The van der Waals surface area contributed by atoms with E-state index in [4.69, 9.17) is 10.8 Å². The van der Waals surface area contributed by atoms with Crippen molar-refractivity contribution in [3.05, 3.63) is 58.6 Å². The van der Waals surface area contributed by atoms with Crippen LogP contribution in [0.25, 0.3) is 0 Å². The Balaban J connectivity index is 0.000000171. The molecule has 88 valence electrons. The van der Waals surface area contributed by atoms with Crippen LogP contribution in [-0.4, -0.2) is 21.0 Å². The summed E-state index contributed by atoms with van der Waals surface area (Å²) in [5, 5.41) is 8.38.